The summed E-state index contributed by atoms with van der Waals surface area (Å²) in [5.41, 5.74) is 1.75. The molecule has 1 fully saturated rings. The van der Waals surface area contributed by atoms with Crippen LogP contribution in [0.25, 0.3) is 0 Å². The molecule has 5 nitrogen and oxygen atoms in total. The van der Waals surface area contributed by atoms with Crippen molar-refractivity contribution in [2.45, 2.75) is 6.42 Å². The number of rotatable bonds is 5. The Labute approximate surface area is 142 Å². The molecule has 24 heavy (non-hydrogen) atoms. The second-order valence-corrected chi connectivity index (χ2v) is 8.36. The van der Waals surface area contributed by atoms with Crippen LogP contribution in [0.4, 0.5) is 11.4 Å². The maximum atomic E-state index is 11.6. The van der Waals surface area contributed by atoms with Crippen molar-refractivity contribution < 1.29 is 14.8 Å². The summed E-state index contributed by atoms with van der Waals surface area (Å²) in [6.07, 6.45) is -0.253. The van der Waals surface area contributed by atoms with Crippen LogP contribution < -0.4 is 9.34 Å². The lowest BCUT2D eigenvalue weighted by Crippen LogP contribution is -2.26. The van der Waals surface area contributed by atoms with Gasteiger partial charge in [-0.15, -0.1) is 0 Å². The second kappa shape index (κ2) is 6.63. The largest absolute Gasteiger partial charge is 0.481 e. The summed E-state index contributed by atoms with van der Waals surface area (Å²) in [6, 6.07) is 19.2. The van der Waals surface area contributed by atoms with Crippen LogP contribution in [-0.4, -0.2) is 29.1 Å². The standard InChI is InChI=1S/C18H19N2O3P/c1-15(14-18(21)22)24(23)19(16-8-4-2-5-9-16)12-13-20(24)17-10-6-3-7-11-17/h2-11,23H,1,12-14H2/p+1. The van der Waals surface area contributed by atoms with Crippen molar-refractivity contribution in [3.63, 3.8) is 0 Å². The number of nitrogens with zero attached hydrogens (tertiary/aromatic N) is 2. The summed E-state index contributed by atoms with van der Waals surface area (Å²) >= 11 is 0. The van der Waals surface area contributed by atoms with Gasteiger partial charge in [-0.3, -0.25) is 4.79 Å². The first-order chi connectivity index (χ1) is 11.5. The van der Waals surface area contributed by atoms with E-state index in [0.29, 0.717) is 18.4 Å². The third kappa shape index (κ3) is 2.88. The van der Waals surface area contributed by atoms with Crippen LogP contribution in [0.5, 0.6) is 0 Å². The molecule has 1 saturated heterocycles. The maximum Gasteiger partial charge on any atom is 0.362 e. The van der Waals surface area contributed by atoms with Gasteiger partial charge in [-0.2, -0.15) is 14.2 Å². The van der Waals surface area contributed by atoms with E-state index in [9.17, 15) is 14.8 Å². The highest BCUT2D eigenvalue weighted by atomic mass is 31.2. The molecule has 0 unspecified atom stereocenters. The van der Waals surface area contributed by atoms with Crippen LogP contribution in [0.15, 0.2) is 72.6 Å². The smallest absolute Gasteiger partial charge is 0.362 e. The first kappa shape index (κ1) is 16.5. The molecule has 1 heterocycles. The molecule has 0 amide bonds. The minimum absolute atomic E-state index is 0.253. The van der Waals surface area contributed by atoms with E-state index in [0.717, 1.165) is 11.4 Å². The van der Waals surface area contributed by atoms with Crippen LogP contribution in [-0.2, 0) is 4.79 Å². The molecular weight excluding hydrogens is 323 g/mol. The second-order valence-electron chi connectivity index (χ2n) is 5.62. The highest BCUT2D eigenvalue weighted by molar-refractivity contribution is 7.77. The van der Waals surface area contributed by atoms with Crippen LogP contribution in [0.2, 0.25) is 0 Å². The zero-order chi connectivity index (χ0) is 17.2. The van der Waals surface area contributed by atoms with Gasteiger partial charge in [-0.05, 0) is 24.3 Å². The molecule has 1 aliphatic heterocycles. The SMILES string of the molecule is C=C(CC(=O)O)[P+]1(O)N(c2ccccc2)CCN1c1ccccc1. The van der Waals surface area contributed by atoms with Gasteiger partial charge in [0.15, 0.2) is 0 Å². The number of aliphatic carboxylic acids is 1. The Morgan fingerprint density at radius 3 is 1.75 bits per heavy atom. The van der Waals surface area contributed by atoms with E-state index in [1.165, 1.54) is 0 Å². The highest BCUT2D eigenvalue weighted by Gasteiger charge is 2.58. The fourth-order valence-corrected chi connectivity index (χ4v) is 5.94. The number of carboxylic acid groups (broad SMARTS) is 1. The van der Waals surface area contributed by atoms with Gasteiger partial charge in [-0.25, -0.2) is 0 Å². The average molecular weight is 343 g/mol. The molecule has 124 valence electrons. The molecule has 0 atom stereocenters. The van der Waals surface area contributed by atoms with Gasteiger partial charge >= 0.3 is 13.8 Å². The van der Waals surface area contributed by atoms with E-state index < -0.39 is 13.8 Å². The molecule has 0 aliphatic carbocycles. The van der Waals surface area contributed by atoms with Gasteiger partial charge in [0.1, 0.15) is 11.7 Å². The van der Waals surface area contributed by atoms with Crippen molar-refractivity contribution in [3.8, 4) is 0 Å². The molecule has 3 rings (SSSR count). The fraction of sp³-hybridized carbons (Fsp3) is 0.167. The lowest BCUT2D eigenvalue weighted by molar-refractivity contribution is -0.136. The number of para-hydroxylation sites is 2. The van der Waals surface area contributed by atoms with Crippen molar-refractivity contribution in [2.24, 2.45) is 0 Å². The predicted octanol–water partition coefficient (Wildman–Crippen LogP) is 3.76. The molecule has 0 saturated carbocycles. The van der Waals surface area contributed by atoms with E-state index in [1.807, 2.05) is 70.0 Å². The zero-order valence-electron chi connectivity index (χ0n) is 13.2. The number of carbonyl (C=O) groups is 1. The molecule has 1 aliphatic rings. The van der Waals surface area contributed by atoms with Gasteiger partial charge in [0.2, 0.25) is 0 Å². The summed E-state index contributed by atoms with van der Waals surface area (Å²) in [7, 11) is -3.04. The monoisotopic (exact) mass is 343 g/mol. The van der Waals surface area contributed by atoms with E-state index in [-0.39, 0.29) is 6.42 Å². The quantitative estimate of drug-likeness (QED) is 0.810. The number of benzene rings is 2. The Hall–Kier alpha value is -2.36. The molecule has 0 bridgehead atoms. The van der Waals surface area contributed by atoms with Gasteiger partial charge in [0, 0.05) is 0 Å². The van der Waals surface area contributed by atoms with Crippen LogP contribution in [0.1, 0.15) is 6.42 Å². The minimum atomic E-state index is -3.04. The number of hydrogen-bond donors (Lipinski definition) is 2. The van der Waals surface area contributed by atoms with E-state index in [2.05, 4.69) is 6.58 Å². The Morgan fingerprint density at radius 2 is 1.38 bits per heavy atom. The highest BCUT2D eigenvalue weighted by Crippen LogP contribution is 2.72. The van der Waals surface area contributed by atoms with Gasteiger partial charge in [0.25, 0.3) is 0 Å². The Morgan fingerprint density at radius 1 is 0.958 bits per heavy atom. The van der Waals surface area contributed by atoms with Gasteiger partial charge < -0.3 is 5.11 Å². The lowest BCUT2D eigenvalue weighted by atomic mass is 10.3. The van der Waals surface area contributed by atoms with Crippen molar-refractivity contribution in [1.82, 2.24) is 0 Å². The van der Waals surface area contributed by atoms with Crippen LogP contribution in [0, 0.1) is 0 Å². The molecule has 6 heteroatoms. The minimum Gasteiger partial charge on any atom is -0.481 e. The first-order valence-electron chi connectivity index (χ1n) is 7.71. The molecular formula is C18H20N2O3P+. The third-order valence-corrected chi connectivity index (χ3v) is 7.30. The Balaban J connectivity index is 2.05. The van der Waals surface area contributed by atoms with Gasteiger partial charge in [0.05, 0.1) is 24.5 Å². The van der Waals surface area contributed by atoms with Crippen LogP contribution in [0.3, 0.4) is 0 Å². The third-order valence-electron chi connectivity index (χ3n) is 4.08. The molecule has 0 spiro atoms. The van der Waals surface area contributed by atoms with Crippen molar-refractivity contribution >= 4 is 25.1 Å². The molecule has 2 aromatic rings. The predicted molar refractivity (Wildman–Crippen MR) is 98.1 cm³/mol. The summed E-state index contributed by atoms with van der Waals surface area (Å²) in [6.45, 7) is 5.16. The van der Waals surface area contributed by atoms with E-state index in [1.54, 1.807) is 0 Å². The summed E-state index contributed by atoms with van der Waals surface area (Å²) in [5.74, 6) is -0.985. The normalized spacial score (nSPS) is 16.2. The van der Waals surface area contributed by atoms with Crippen molar-refractivity contribution in [2.75, 3.05) is 22.4 Å². The fourth-order valence-electron chi connectivity index (χ4n) is 3.00. The number of anilines is 2. The van der Waals surface area contributed by atoms with Crippen molar-refractivity contribution in [3.05, 3.63) is 72.6 Å². The molecule has 2 aromatic carbocycles. The number of carboxylic acids is 1. The topological polar surface area (TPSA) is 64.0 Å². The first-order valence-corrected chi connectivity index (χ1v) is 9.36. The maximum absolute atomic E-state index is 11.6. The van der Waals surface area contributed by atoms with Crippen LogP contribution >= 0.6 is 7.79 Å². The number of hydrogen-bond acceptors (Lipinski definition) is 4. The summed E-state index contributed by atoms with van der Waals surface area (Å²) < 4.78 is 3.82. The average Bonchev–Trinajstić information content (AvgIpc) is 2.94. The lowest BCUT2D eigenvalue weighted by Gasteiger charge is -2.32. The Bertz CT molecular complexity index is 689. The van der Waals surface area contributed by atoms with E-state index >= 15 is 0 Å². The molecule has 0 radical (unpaired) electrons. The van der Waals surface area contributed by atoms with E-state index in [4.69, 9.17) is 0 Å². The summed E-state index contributed by atoms with van der Waals surface area (Å²) in [5, 5.41) is 9.53. The van der Waals surface area contributed by atoms with Gasteiger partial charge in [-0.1, -0.05) is 43.0 Å². The molecule has 0 aromatic heterocycles. The summed E-state index contributed by atoms with van der Waals surface area (Å²) in [4.78, 5) is 22.8. The molecule has 2 N–H and O–H groups in total. The Kier molecular flexibility index (Phi) is 4.56. The van der Waals surface area contributed by atoms with Crippen molar-refractivity contribution in [1.29, 1.82) is 0 Å². The zero-order valence-corrected chi connectivity index (χ0v) is 14.1.